The van der Waals surface area contributed by atoms with Crippen molar-refractivity contribution in [1.29, 1.82) is 0 Å². The zero-order chi connectivity index (χ0) is 47.9. The monoisotopic (exact) mass is 933 g/mol. The van der Waals surface area contributed by atoms with Gasteiger partial charge in [-0.1, -0.05) is 46.3 Å². The van der Waals surface area contributed by atoms with E-state index in [1.165, 1.54) is 0 Å². The molecule has 376 valence electrons. The quantitative estimate of drug-likeness (QED) is 0.0874. The molecule has 7 fully saturated rings. The van der Waals surface area contributed by atoms with E-state index in [4.69, 9.17) is 28.4 Å². The summed E-state index contributed by atoms with van der Waals surface area (Å²) >= 11 is 0. The Hall–Kier alpha value is -0.980. The van der Waals surface area contributed by atoms with Crippen molar-refractivity contribution in [2.75, 3.05) is 19.8 Å². The van der Waals surface area contributed by atoms with Crippen LogP contribution < -0.4 is 0 Å². The van der Waals surface area contributed by atoms with Crippen molar-refractivity contribution < 1.29 is 89.7 Å². The summed E-state index contributed by atoms with van der Waals surface area (Å²) in [6.07, 6.45) is -17.2. The van der Waals surface area contributed by atoms with Crippen molar-refractivity contribution >= 4 is 0 Å². The summed E-state index contributed by atoms with van der Waals surface area (Å²) < 4.78 is 37.7. The molecule has 7 aliphatic rings. The molecule has 4 aliphatic carbocycles. The maximum atomic E-state index is 12.7. The van der Waals surface area contributed by atoms with Gasteiger partial charge in [0.25, 0.3) is 0 Å². The molecule has 3 aliphatic heterocycles. The zero-order valence-electron chi connectivity index (χ0n) is 39.3. The maximum Gasteiger partial charge on any atom is 0.187 e. The topological polar surface area (TPSA) is 298 Å². The fraction of sp³-hybridized carbons (Fsp3) is 0.957. The van der Waals surface area contributed by atoms with E-state index in [0.29, 0.717) is 51.4 Å². The van der Waals surface area contributed by atoms with Gasteiger partial charge in [-0.2, -0.15) is 0 Å². The minimum atomic E-state index is -1.73. The van der Waals surface area contributed by atoms with Gasteiger partial charge in [0.15, 0.2) is 18.9 Å². The molecule has 12 N–H and O–H groups in total. The summed E-state index contributed by atoms with van der Waals surface area (Å²) in [6, 6.07) is 0. The summed E-state index contributed by atoms with van der Waals surface area (Å²) in [7, 11) is 0. The molecule has 0 spiro atoms. The minimum Gasteiger partial charge on any atom is -0.394 e. The lowest BCUT2D eigenvalue weighted by molar-refractivity contribution is -0.377. The maximum absolute atomic E-state index is 12.7. The van der Waals surface area contributed by atoms with Crippen LogP contribution in [0.25, 0.3) is 0 Å². The molecule has 3 heterocycles. The first kappa shape index (κ1) is 51.9. The fourth-order valence-electron chi connectivity index (χ4n) is 14.6. The van der Waals surface area contributed by atoms with Crippen LogP contribution in [0.4, 0.5) is 0 Å². The van der Waals surface area contributed by atoms with E-state index < -0.39 is 145 Å². The molecule has 0 aromatic carbocycles. The molecule has 0 aromatic heterocycles. The van der Waals surface area contributed by atoms with Gasteiger partial charge >= 0.3 is 0 Å². The largest absolute Gasteiger partial charge is 0.394 e. The highest BCUT2D eigenvalue weighted by Gasteiger charge is 2.74. The standard InChI is InChI=1S/C47H80O18/c1-21(2)10-9-13-47(8,65-41-37(59)34(56)32(54)26(18-48)62-41)22-11-15-45(6)30(22)23(50)16-28-44(5)14-12-29(52)43(3,4)39(44)25(17-46(28,45)7)61-42-38(35(57)33(55)27(19-49)63-42)64-40-36(58)31(53)24(51)20-60-40/h10,22-42,48-59H,9,11-20H2,1-8H3/t22-,23-,24-,25-,26-,27+,28+,29-,30-,31-,32+,33+,34-,35-,36-,37+,38+,39-,40+,41-,42-,44+,45+,46+,47-/m0/s1. The predicted molar refractivity (Wildman–Crippen MR) is 229 cm³/mol. The molecule has 25 atom stereocenters. The van der Waals surface area contributed by atoms with Gasteiger partial charge in [-0.15, -0.1) is 0 Å². The van der Waals surface area contributed by atoms with Crippen LogP contribution in [0.2, 0.25) is 0 Å². The predicted octanol–water partition coefficient (Wildman–Crippen LogP) is -0.417. The van der Waals surface area contributed by atoms with Crippen LogP contribution >= 0.6 is 0 Å². The zero-order valence-corrected chi connectivity index (χ0v) is 39.3. The summed E-state index contributed by atoms with van der Waals surface area (Å²) in [6.45, 7) is 15.0. The average molecular weight is 933 g/mol. The van der Waals surface area contributed by atoms with E-state index in [1.807, 2.05) is 34.6 Å². The van der Waals surface area contributed by atoms with Crippen molar-refractivity contribution in [2.24, 2.45) is 45.3 Å². The van der Waals surface area contributed by atoms with Crippen LogP contribution in [-0.4, -0.2) is 191 Å². The molecular formula is C47H80O18. The van der Waals surface area contributed by atoms with Crippen LogP contribution in [0.15, 0.2) is 11.6 Å². The van der Waals surface area contributed by atoms with E-state index >= 15 is 0 Å². The summed E-state index contributed by atoms with van der Waals surface area (Å²) in [5, 5.41) is 131. The Bertz CT molecular complexity index is 1660. The van der Waals surface area contributed by atoms with Gasteiger partial charge in [-0.05, 0) is 117 Å². The molecule has 0 radical (unpaired) electrons. The van der Waals surface area contributed by atoms with Crippen LogP contribution in [0.5, 0.6) is 0 Å². The Morgan fingerprint density at radius 2 is 1.31 bits per heavy atom. The molecule has 0 unspecified atom stereocenters. The van der Waals surface area contributed by atoms with Gasteiger partial charge in [0.2, 0.25) is 0 Å². The molecule has 3 saturated heterocycles. The lowest BCUT2D eigenvalue weighted by Crippen LogP contribution is -2.71. The van der Waals surface area contributed by atoms with E-state index in [0.717, 1.165) is 5.57 Å². The molecule has 18 heteroatoms. The molecule has 4 saturated carbocycles. The third-order valence-corrected chi connectivity index (χ3v) is 18.3. The lowest BCUT2D eigenvalue weighted by Gasteiger charge is -2.72. The van der Waals surface area contributed by atoms with Crippen LogP contribution in [0, 0.1) is 45.3 Å². The van der Waals surface area contributed by atoms with Gasteiger partial charge in [0.1, 0.15) is 67.1 Å². The molecule has 65 heavy (non-hydrogen) atoms. The molecular weight excluding hydrogens is 852 g/mol. The Kier molecular flexibility index (Phi) is 15.1. The van der Waals surface area contributed by atoms with E-state index in [2.05, 4.69) is 26.8 Å². The van der Waals surface area contributed by atoms with Crippen molar-refractivity contribution in [3.8, 4) is 0 Å². The fourth-order valence-corrected chi connectivity index (χ4v) is 14.6. The lowest BCUT2D eigenvalue weighted by atomic mass is 9.34. The summed E-state index contributed by atoms with van der Waals surface area (Å²) in [5.41, 5.74) is -2.41. The van der Waals surface area contributed by atoms with Crippen molar-refractivity contribution in [3.63, 3.8) is 0 Å². The summed E-state index contributed by atoms with van der Waals surface area (Å²) in [5.74, 6) is -1.11. The first-order chi connectivity index (χ1) is 30.3. The number of hydrogen-bond donors (Lipinski definition) is 12. The number of rotatable bonds is 12. The van der Waals surface area contributed by atoms with Gasteiger partial charge in [-0.3, -0.25) is 0 Å². The van der Waals surface area contributed by atoms with Crippen molar-refractivity contribution in [2.45, 2.75) is 217 Å². The number of fused-ring (bicyclic) bond motifs is 5. The van der Waals surface area contributed by atoms with Crippen molar-refractivity contribution in [3.05, 3.63) is 11.6 Å². The SMILES string of the molecule is CC(C)=CCC[C@](C)(O[C@@H]1O[C@@H](CO)[C@@H](O)[C@H](O)[C@H]1O)[C@H]1CC[C@]2(C)[C@@H]1[C@@H](O)C[C@@H]1[C@@]3(C)CC[C@H](O)C(C)(C)[C@@H]3[C@@H](O[C@H]3O[C@H](CO)[C@@H](O)[C@H](O)[C@H]3O[C@H]3OC[C@H](O)[C@H](O)[C@@H]3O)C[C@]12C. The minimum absolute atomic E-state index is 0.0828. The molecule has 18 nitrogen and oxygen atoms in total. The molecule has 0 aromatic rings. The first-order valence-electron chi connectivity index (χ1n) is 23.9. The van der Waals surface area contributed by atoms with E-state index in [1.54, 1.807) is 0 Å². The first-order valence-corrected chi connectivity index (χ1v) is 23.9. The number of aliphatic hydroxyl groups is 12. The highest BCUT2D eigenvalue weighted by atomic mass is 16.8. The smallest absolute Gasteiger partial charge is 0.187 e. The normalized spacial score (nSPS) is 53.0. The highest BCUT2D eigenvalue weighted by molar-refractivity contribution is 5.22. The Morgan fingerprint density at radius 1 is 0.692 bits per heavy atom. The van der Waals surface area contributed by atoms with Gasteiger partial charge in [0.05, 0.1) is 43.7 Å². The highest BCUT2D eigenvalue weighted by Crippen LogP contribution is 2.76. The second kappa shape index (κ2) is 19.0. The molecule has 7 rings (SSSR count). The van der Waals surface area contributed by atoms with E-state index in [9.17, 15) is 61.3 Å². The van der Waals surface area contributed by atoms with Gasteiger partial charge in [-0.25, -0.2) is 0 Å². The van der Waals surface area contributed by atoms with Gasteiger partial charge in [0, 0.05) is 0 Å². The van der Waals surface area contributed by atoms with Crippen molar-refractivity contribution in [1.82, 2.24) is 0 Å². The third-order valence-electron chi connectivity index (χ3n) is 18.3. The molecule has 0 amide bonds. The number of aliphatic hydroxyl groups excluding tert-OH is 12. The third kappa shape index (κ3) is 8.72. The van der Waals surface area contributed by atoms with E-state index in [-0.39, 0.29) is 30.3 Å². The Balaban J connectivity index is 1.27. The van der Waals surface area contributed by atoms with Gasteiger partial charge < -0.3 is 89.7 Å². The van der Waals surface area contributed by atoms with Crippen LogP contribution in [0.3, 0.4) is 0 Å². The Labute approximate surface area is 382 Å². The average Bonchev–Trinajstić information content (AvgIpc) is 3.63. The van der Waals surface area contributed by atoms with Crippen LogP contribution in [-0.2, 0) is 28.4 Å². The number of ether oxygens (including phenoxy) is 6. The second-order valence-corrected chi connectivity index (χ2v) is 22.6. The second-order valence-electron chi connectivity index (χ2n) is 22.6. The number of allylic oxidation sites excluding steroid dienone is 2. The number of hydrogen-bond acceptors (Lipinski definition) is 18. The summed E-state index contributed by atoms with van der Waals surface area (Å²) in [4.78, 5) is 0. The molecule has 0 bridgehead atoms. The Morgan fingerprint density at radius 3 is 1.94 bits per heavy atom. The van der Waals surface area contributed by atoms with Crippen LogP contribution in [0.1, 0.15) is 107 Å².